The first-order valence-corrected chi connectivity index (χ1v) is 0. The van der Waals surface area contributed by atoms with Gasteiger partial charge < -0.3 is 19.3 Å². The van der Waals surface area contributed by atoms with Crippen LogP contribution in [0, 0.1) is 0 Å². The second kappa shape index (κ2) is 28.4. The maximum atomic E-state index is 0. The summed E-state index contributed by atoms with van der Waals surface area (Å²) in [6.07, 6.45) is 0. The average molecular weight is 281 g/mol. The summed E-state index contributed by atoms with van der Waals surface area (Å²) < 4.78 is 0. The summed E-state index contributed by atoms with van der Waals surface area (Å²) in [5.41, 5.74) is 0. The van der Waals surface area contributed by atoms with Crippen LogP contribution in [-0.2, 0) is 0 Å². The molecule has 0 unspecified atom stereocenters. The standard InChI is InChI=1S/Ba.3H2O.Sr.2H/h;3*1H2;;;/q+2;;;;;2*-1. The SMILES string of the molecule is O.O.O.[Ba+2].[H-].[H-].[Sr]. The Morgan fingerprint density at radius 1 is 0.800 bits per heavy atom. The van der Waals surface area contributed by atoms with Gasteiger partial charge in [0.15, 0.2) is 0 Å². The summed E-state index contributed by atoms with van der Waals surface area (Å²) in [5.74, 6) is 0. The predicted octanol–water partition coefficient (Wildman–Crippen LogP) is -3.01. The van der Waals surface area contributed by atoms with E-state index in [1.54, 1.807) is 0 Å². The molecule has 0 heterocycles. The summed E-state index contributed by atoms with van der Waals surface area (Å²) in [6.45, 7) is 0. The number of rotatable bonds is 0. The quantitative estimate of drug-likeness (QED) is 0.423. The molecule has 0 saturated carbocycles. The topological polar surface area (TPSA) is 94.5 Å². The van der Waals surface area contributed by atoms with Crippen LogP contribution in [0.4, 0.5) is 0 Å². The zero-order valence-electron chi connectivity index (χ0n) is 4.91. The Morgan fingerprint density at radius 2 is 0.800 bits per heavy atom. The fraction of sp³-hybridized carbons (Fsp3) is 0. The van der Waals surface area contributed by atoms with Crippen LogP contribution in [0.1, 0.15) is 2.85 Å². The van der Waals surface area contributed by atoms with E-state index >= 15 is 0 Å². The number of hydrogen-bond donors (Lipinski definition) is 0. The van der Waals surface area contributed by atoms with Crippen molar-refractivity contribution >= 4 is 94.4 Å². The van der Waals surface area contributed by atoms with Crippen molar-refractivity contribution in [2.75, 3.05) is 0 Å². The van der Waals surface area contributed by atoms with Crippen LogP contribution < -0.4 is 0 Å². The van der Waals surface area contributed by atoms with Crippen LogP contribution in [-0.4, -0.2) is 111 Å². The minimum absolute atomic E-state index is 0. The molecule has 6 N–H and O–H groups in total. The summed E-state index contributed by atoms with van der Waals surface area (Å²) >= 11 is 0. The van der Waals surface area contributed by atoms with Gasteiger partial charge in [-0.25, -0.2) is 0 Å². The van der Waals surface area contributed by atoms with Gasteiger partial charge in [0.05, 0.1) is 0 Å². The average Bonchev–Trinajstić information content (AvgIpc) is 0. The van der Waals surface area contributed by atoms with Gasteiger partial charge in [0.2, 0.25) is 0 Å². The van der Waals surface area contributed by atoms with E-state index in [-0.39, 0.29) is 114 Å². The Balaban J connectivity index is 0. The van der Waals surface area contributed by atoms with Gasteiger partial charge in [0, 0.05) is 45.5 Å². The van der Waals surface area contributed by atoms with Crippen molar-refractivity contribution in [3.63, 3.8) is 0 Å². The third-order valence-electron chi connectivity index (χ3n) is 0. The molecular weight excluding hydrogens is 273 g/mol. The van der Waals surface area contributed by atoms with Gasteiger partial charge in [-0.3, -0.25) is 0 Å². The van der Waals surface area contributed by atoms with Gasteiger partial charge >= 0.3 is 48.9 Å². The van der Waals surface area contributed by atoms with Crippen LogP contribution >= 0.6 is 0 Å². The summed E-state index contributed by atoms with van der Waals surface area (Å²) in [5, 5.41) is 0. The van der Waals surface area contributed by atoms with Crippen LogP contribution in [0.5, 0.6) is 0 Å². The molecule has 0 spiro atoms. The molecule has 0 saturated heterocycles. The second-order valence-electron chi connectivity index (χ2n) is 0. The molecule has 0 aromatic heterocycles. The molecule has 0 atom stereocenters. The smallest absolute Gasteiger partial charge is 1.00 e. The molecule has 5 heteroatoms. The predicted molar refractivity (Wildman–Crippen MR) is 24.6 cm³/mol. The fourth-order valence-electron chi connectivity index (χ4n) is 0. The van der Waals surface area contributed by atoms with E-state index in [4.69, 9.17) is 0 Å². The van der Waals surface area contributed by atoms with Crippen LogP contribution in [0.25, 0.3) is 0 Å². The van der Waals surface area contributed by atoms with Crippen molar-refractivity contribution in [2.45, 2.75) is 0 Å². The first-order chi connectivity index (χ1) is 0. The zero-order valence-corrected chi connectivity index (χ0v) is 10.8. The molecule has 5 heavy (non-hydrogen) atoms. The third kappa shape index (κ3) is 19.6. The van der Waals surface area contributed by atoms with E-state index in [2.05, 4.69) is 0 Å². The zero-order chi connectivity index (χ0) is 0. The molecule has 0 aliphatic heterocycles. The van der Waals surface area contributed by atoms with E-state index in [1.165, 1.54) is 0 Å². The Bertz CT molecular complexity index is 12.9. The van der Waals surface area contributed by atoms with Crippen LogP contribution in [0.2, 0.25) is 0 Å². The third-order valence-corrected chi connectivity index (χ3v) is 0. The van der Waals surface area contributed by atoms with E-state index in [0.29, 0.717) is 0 Å². The van der Waals surface area contributed by atoms with E-state index in [1.807, 2.05) is 0 Å². The van der Waals surface area contributed by atoms with E-state index < -0.39 is 0 Å². The molecule has 0 aliphatic rings. The van der Waals surface area contributed by atoms with Crippen molar-refractivity contribution in [3.05, 3.63) is 0 Å². The van der Waals surface area contributed by atoms with Crippen molar-refractivity contribution in [1.82, 2.24) is 0 Å². The van der Waals surface area contributed by atoms with Gasteiger partial charge in [-0.15, -0.1) is 0 Å². The molecule has 0 fully saturated rings. The Hall–Kier alpha value is 2.93. The minimum atomic E-state index is 0. The Kier molecular flexibility index (Phi) is 252. The summed E-state index contributed by atoms with van der Waals surface area (Å²) in [7, 11) is 0. The van der Waals surface area contributed by atoms with Gasteiger partial charge in [0.1, 0.15) is 0 Å². The Morgan fingerprint density at radius 3 is 0.800 bits per heavy atom. The van der Waals surface area contributed by atoms with Crippen molar-refractivity contribution in [3.8, 4) is 0 Å². The molecule has 0 bridgehead atoms. The monoisotopic (exact) mass is 282 g/mol. The molecule has 3 nitrogen and oxygen atoms in total. The van der Waals surface area contributed by atoms with Crippen molar-refractivity contribution in [1.29, 1.82) is 0 Å². The first-order valence-electron chi connectivity index (χ1n) is 0. The fourth-order valence-corrected chi connectivity index (χ4v) is 0. The van der Waals surface area contributed by atoms with Gasteiger partial charge in [-0.05, 0) is 0 Å². The number of hydrogen-bond acceptors (Lipinski definition) is 0. The molecule has 0 aliphatic carbocycles. The van der Waals surface area contributed by atoms with Gasteiger partial charge in [0.25, 0.3) is 0 Å². The molecule has 0 aromatic carbocycles. The summed E-state index contributed by atoms with van der Waals surface area (Å²) in [6, 6.07) is 0. The van der Waals surface area contributed by atoms with E-state index in [9.17, 15) is 0 Å². The summed E-state index contributed by atoms with van der Waals surface area (Å²) in [4.78, 5) is 0. The molecule has 30 valence electrons. The van der Waals surface area contributed by atoms with Gasteiger partial charge in [-0.1, -0.05) is 0 Å². The molecule has 0 rings (SSSR count). The largest absolute Gasteiger partial charge is 2.00 e. The second-order valence-corrected chi connectivity index (χ2v) is 0. The van der Waals surface area contributed by atoms with Crippen molar-refractivity contribution in [2.24, 2.45) is 0 Å². The Labute approximate surface area is 111 Å². The first kappa shape index (κ1) is 44.3. The van der Waals surface area contributed by atoms with Crippen LogP contribution in [0.3, 0.4) is 0 Å². The molecular formula is H8BaO3Sr. The molecule has 0 aromatic rings. The van der Waals surface area contributed by atoms with Gasteiger partial charge in [-0.2, -0.15) is 0 Å². The molecule has 2 radical (unpaired) electrons. The molecule has 0 amide bonds. The maximum Gasteiger partial charge on any atom is 2.00 e. The minimum Gasteiger partial charge on any atom is -1.00 e. The van der Waals surface area contributed by atoms with Crippen molar-refractivity contribution < 1.29 is 19.3 Å². The van der Waals surface area contributed by atoms with Crippen LogP contribution in [0.15, 0.2) is 0 Å². The maximum absolute atomic E-state index is 0. The van der Waals surface area contributed by atoms with E-state index in [0.717, 1.165) is 0 Å². The normalized spacial score (nSPS) is 0.